The number of nitrogens with zero attached hydrogens (tertiary/aromatic N) is 2. The molecule has 17 heavy (non-hydrogen) atoms. The number of imidazole rings is 1. The summed E-state index contributed by atoms with van der Waals surface area (Å²) in [4.78, 5) is 15.1. The Bertz CT molecular complexity index is 601. The van der Waals surface area contributed by atoms with Gasteiger partial charge in [0.05, 0.1) is 11.1 Å². The Morgan fingerprint density at radius 1 is 1.41 bits per heavy atom. The van der Waals surface area contributed by atoms with Crippen LogP contribution in [0.1, 0.15) is 16.2 Å². The molecule has 0 aliphatic rings. The molecule has 0 saturated heterocycles. The van der Waals surface area contributed by atoms with Crippen molar-refractivity contribution < 1.29 is 9.90 Å². The summed E-state index contributed by atoms with van der Waals surface area (Å²) >= 11 is 17.3. The van der Waals surface area contributed by atoms with Crippen molar-refractivity contribution in [3.63, 3.8) is 0 Å². The van der Waals surface area contributed by atoms with Crippen LogP contribution in [-0.2, 0) is 10.8 Å². The number of fused-ring (bicyclic) bond motifs is 1. The van der Waals surface area contributed by atoms with Gasteiger partial charge in [-0.15, -0.1) is 0 Å². The van der Waals surface area contributed by atoms with Crippen molar-refractivity contribution in [3.8, 4) is 0 Å². The Morgan fingerprint density at radius 2 is 2.06 bits per heavy atom. The van der Waals surface area contributed by atoms with Gasteiger partial charge in [0, 0.05) is 7.05 Å². The molecule has 0 fully saturated rings. The lowest BCUT2D eigenvalue weighted by atomic mass is 10.2. The van der Waals surface area contributed by atoms with E-state index in [4.69, 9.17) is 39.9 Å². The van der Waals surface area contributed by atoms with Crippen LogP contribution in [0.5, 0.6) is 0 Å². The Labute approximate surface area is 112 Å². The van der Waals surface area contributed by atoms with Crippen molar-refractivity contribution in [2.24, 2.45) is 7.05 Å². The van der Waals surface area contributed by atoms with E-state index in [1.807, 2.05) is 0 Å². The predicted molar refractivity (Wildman–Crippen MR) is 66.9 cm³/mol. The largest absolute Gasteiger partial charge is 0.478 e. The monoisotopic (exact) mass is 292 g/mol. The molecule has 2 rings (SSSR count). The van der Waals surface area contributed by atoms with E-state index in [2.05, 4.69) is 4.98 Å². The number of carbonyl (C=O) groups is 1. The lowest BCUT2D eigenvalue weighted by Crippen LogP contribution is -2.08. The highest BCUT2D eigenvalue weighted by atomic mass is 35.6. The summed E-state index contributed by atoms with van der Waals surface area (Å²) in [6, 6.07) is 4.80. The molecule has 0 amide bonds. The fourth-order valence-electron chi connectivity index (χ4n) is 1.64. The van der Waals surface area contributed by atoms with E-state index in [0.29, 0.717) is 11.0 Å². The number of carboxylic acid groups (broad SMARTS) is 1. The second kappa shape index (κ2) is 4.05. The molecule has 1 N–H and O–H groups in total. The summed E-state index contributed by atoms with van der Waals surface area (Å²) in [6.07, 6.45) is 0. The first-order valence-electron chi connectivity index (χ1n) is 4.58. The molecule has 4 nitrogen and oxygen atoms in total. The van der Waals surface area contributed by atoms with E-state index in [1.54, 1.807) is 23.7 Å². The van der Waals surface area contributed by atoms with Gasteiger partial charge in [0.25, 0.3) is 0 Å². The topological polar surface area (TPSA) is 55.1 Å². The smallest absolute Gasteiger partial charge is 0.337 e. The number of halogens is 3. The number of aromatic nitrogens is 2. The first kappa shape index (κ1) is 12.5. The maximum atomic E-state index is 11.0. The quantitative estimate of drug-likeness (QED) is 0.822. The second-order valence-corrected chi connectivity index (χ2v) is 5.75. The number of aryl methyl sites for hydroxylation is 1. The van der Waals surface area contributed by atoms with Gasteiger partial charge >= 0.3 is 5.97 Å². The van der Waals surface area contributed by atoms with E-state index in [9.17, 15) is 4.79 Å². The molecule has 0 saturated carbocycles. The van der Waals surface area contributed by atoms with Gasteiger partial charge in [0.15, 0.2) is 5.82 Å². The zero-order valence-corrected chi connectivity index (χ0v) is 10.9. The zero-order chi connectivity index (χ0) is 12.8. The van der Waals surface area contributed by atoms with E-state index in [-0.39, 0.29) is 11.4 Å². The molecule has 7 heteroatoms. The minimum Gasteiger partial charge on any atom is -0.478 e. The molecule has 1 aromatic heterocycles. The van der Waals surface area contributed by atoms with Crippen molar-refractivity contribution in [2.45, 2.75) is 3.79 Å². The summed E-state index contributed by atoms with van der Waals surface area (Å²) in [5.74, 6) is -0.879. The van der Waals surface area contributed by atoms with Crippen molar-refractivity contribution in [3.05, 3.63) is 29.6 Å². The lowest BCUT2D eigenvalue weighted by Gasteiger charge is -2.09. The first-order chi connectivity index (χ1) is 7.82. The number of alkyl halides is 3. The third-order valence-corrected chi connectivity index (χ3v) is 2.90. The molecule has 0 aliphatic carbocycles. The minimum absolute atomic E-state index is 0.0820. The standard InChI is InChI=1S/C10H7Cl3N2O2/c1-15-6-4-2-3-5(8(16)17)7(6)14-9(15)10(11,12)13/h2-4H,1H3,(H,16,17). The van der Waals surface area contributed by atoms with Crippen LogP contribution < -0.4 is 0 Å². The van der Waals surface area contributed by atoms with Crippen LogP contribution in [0.3, 0.4) is 0 Å². The van der Waals surface area contributed by atoms with Crippen molar-refractivity contribution >= 4 is 51.8 Å². The highest BCUT2D eigenvalue weighted by Crippen LogP contribution is 2.38. The number of rotatable bonds is 1. The van der Waals surface area contributed by atoms with Crippen LogP contribution in [0.2, 0.25) is 0 Å². The molecular formula is C10H7Cl3N2O2. The molecular weight excluding hydrogens is 286 g/mol. The summed E-state index contributed by atoms with van der Waals surface area (Å²) in [5.41, 5.74) is 0.994. The number of hydrogen-bond acceptors (Lipinski definition) is 2. The van der Waals surface area contributed by atoms with Gasteiger partial charge in [-0.05, 0) is 12.1 Å². The molecule has 1 heterocycles. The van der Waals surface area contributed by atoms with Crippen LogP contribution in [0.15, 0.2) is 18.2 Å². The fourth-order valence-corrected chi connectivity index (χ4v) is 2.15. The average molecular weight is 294 g/mol. The van der Waals surface area contributed by atoms with E-state index in [0.717, 1.165) is 0 Å². The maximum absolute atomic E-state index is 11.0. The zero-order valence-electron chi connectivity index (χ0n) is 8.62. The van der Waals surface area contributed by atoms with Crippen LogP contribution in [0.4, 0.5) is 0 Å². The fraction of sp³-hybridized carbons (Fsp3) is 0.200. The Hall–Kier alpha value is -0.970. The molecule has 90 valence electrons. The highest BCUT2D eigenvalue weighted by molar-refractivity contribution is 6.66. The third kappa shape index (κ3) is 2.08. The SMILES string of the molecule is Cn1c(C(Cl)(Cl)Cl)nc2c(C(=O)O)cccc21. The molecule has 0 unspecified atom stereocenters. The third-order valence-electron chi connectivity index (χ3n) is 2.40. The summed E-state index contributed by atoms with van der Waals surface area (Å²) < 4.78 is -0.127. The van der Waals surface area contributed by atoms with Crippen molar-refractivity contribution in [1.29, 1.82) is 0 Å². The van der Waals surface area contributed by atoms with Crippen molar-refractivity contribution in [2.75, 3.05) is 0 Å². The Morgan fingerprint density at radius 3 is 2.59 bits per heavy atom. The first-order valence-corrected chi connectivity index (χ1v) is 5.71. The van der Waals surface area contributed by atoms with Crippen LogP contribution in [0, 0.1) is 0 Å². The minimum atomic E-state index is -1.69. The van der Waals surface area contributed by atoms with Gasteiger partial charge in [-0.2, -0.15) is 0 Å². The normalized spacial score (nSPS) is 12.0. The van der Waals surface area contributed by atoms with Gasteiger partial charge in [-0.3, -0.25) is 0 Å². The van der Waals surface area contributed by atoms with Gasteiger partial charge in [-0.1, -0.05) is 40.9 Å². The summed E-state index contributed by atoms with van der Waals surface area (Å²) in [7, 11) is 1.66. The number of para-hydroxylation sites is 1. The predicted octanol–water partition coefficient (Wildman–Crippen LogP) is 3.10. The molecule has 0 aliphatic heterocycles. The second-order valence-electron chi connectivity index (χ2n) is 3.47. The lowest BCUT2D eigenvalue weighted by molar-refractivity contribution is 0.0699. The molecule has 0 bridgehead atoms. The van der Waals surface area contributed by atoms with Gasteiger partial charge < -0.3 is 9.67 Å². The number of hydrogen-bond donors (Lipinski definition) is 1. The van der Waals surface area contributed by atoms with Gasteiger partial charge in [0.2, 0.25) is 3.79 Å². The summed E-state index contributed by atoms with van der Waals surface area (Å²) in [6.45, 7) is 0. The highest BCUT2D eigenvalue weighted by Gasteiger charge is 2.30. The van der Waals surface area contributed by atoms with Crippen LogP contribution in [-0.4, -0.2) is 20.6 Å². The molecule has 0 atom stereocenters. The molecule has 1 aromatic carbocycles. The summed E-state index contributed by atoms with van der Waals surface area (Å²) in [5, 5.41) is 9.04. The van der Waals surface area contributed by atoms with E-state index < -0.39 is 9.76 Å². The van der Waals surface area contributed by atoms with Crippen LogP contribution in [0.25, 0.3) is 11.0 Å². The average Bonchev–Trinajstić information content (AvgIpc) is 2.55. The molecule has 0 spiro atoms. The number of aromatic carboxylic acids is 1. The Kier molecular flexibility index (Phi) is 2.97. The van der Waals surface area contributed by atoms with Crippen molar-refractivity contribution in [1.82, 2.24) is 9.55 Å². The van der Waals surface area contributed by atoms with Gasteiger partial charge in [-0.25, -0.2) is 9.78 Å². The number of carboxylic acids is 1. The van der Waals surface area contributed by atoms with E-state index >= 15 is 0 Å². The number of benzene rings is 1. The van der Waals surface area contributed by atoms with E-state index in [1.165, 1.54) is 6.07 Å². The molecule has 2 aromatic rings. The maximum Gasteiger partial charge on any atom is 0.337 e. The molecule has 0 radical (unpaired) electrons. The Balaban J connectivity index is 2.82. The van der Waals surface area contributed by atoms with Crippen LogP contribution >= 0.6 is 34.8 Å². The van der Waals surface area contributed by atoms with Gasteiger partial charge in [0.1, 0.15) is 5.52 Å².